The molecule has 0 bridgehead atoms. The molecular weight excluding hydrogens is 378 g/mol. The standard InChI is InChI=1S/C24H33N3O3/c1-15-7-9-20(27-14-16(2)25-13-17(27)3)12-21(15)24(28)26-18(4)19-8-10-22(29-5)23(11-19)30-6/h7-12,16-18,25H,13-14H2,1-6H3,(H,26,28)/t16-,17-,18+/m0/s1. The lowest BCUT2D eigenvalue weighted by Gasteiger charge is -2.39. The van der Waals surface area contributed by atoms with E-state index in [-0.39, 0.29) is 11.9 Å². The van der Waals surface area contributed by atoms with Crippen molar-refractivity contribution in [2.45, 2.75) is 45.8 Å². The summed E-state index contributed by atoms with van der Waals surface area (Å²) in [4.78, 5) is 15.5. The summed E-state index contributed by atoms with van der Waals surface area (Å²) in [5.41, 5.74) is 3.72. The van der Waals surface area contributed by atoms with Gasteiger partial charge in [-0.05, 0) is 63.1 Å². The minimum Gasteiger partial charge on any atom is -0.493 e. The van der Waals surface area contributed by atoms with Crippen molar-refractivity contribution in [1.29, 1.82) is 0 Å². The Morgan fingerprint density at radius 1 is 1.13 bits per heavy atom. The molecule has 162 valence electrons. The van der Waals surface area contributed by atoms with Crippen molar-refractivity contribution in [3.8, 4) is 11.5 Å². The molecule has 1 aliphatic heterocycles. The van der Waals surface area contributed by atoms with Crippen LogP contribution in [0.15, 0.2) is 36.4 Å². The van der Waals surface area contributed by atoms with E-state index in [1.807, 2.05) is 44.2 Å². The fraction of sp³-hybridized carbons (Fsp3) is 0.458. The summed E-state index contributed by atoms with van der Waals surface area (Å²) >= 11 is 0. The summed E-state index contributed by atoms with van der Waals surface area (Å²) in [5.74, 6) is 1.24. The molecule has 0 spiro atoms. The lowest BCUT2D eigenvalue weighted by atomic mass is 10.0. The number of piperazine rings is 1. The van der Waals surface area contributed by atoms with Gasteiger partial charge in [-0.15, -0.1) is 0 Å². The molecule has 2 N–H and O–H groups in total. The van der Waals surface area contributed by atoms with Crippen molar-refractivity contribution >= 4 is 11.6 Å². The molecule has 6 nitrogen and oxygen atoms in total. The summed E-state index contributed by atoms with van der Waals surface area (Å²) in [6.45, 7) is 10.2. The van der Waals surface area contributed by atoms with Crippen LogP contribution in [0.2, 0.25) is 0 Å². The van der Waals surface area contributed by atoms with E-state index in [0.29, 0.717) is 29.1 Å². The van der Waals surface area contributed by atoms with Gasteiger partial charge in [0.05, 0.1) is 20.3 Å². The smallest absolute Gasteiger partial charge is 0.252 e. The zero-order valence-electron chi connectivity index (χ0n) is 18.8. The van der Waals surface area contributed by atoms with Crippen LogP contribution in [0.3, 0.4) is 0 Å². The predicted octanol–water partition coefficient (Wildman–Crippen LogP) is 3.69. The lowest BCUT2D eigenvalue weighted by Crippen LogP contribution is -2.54. The van der Waals surface area contributed by atoms with Crippen molar-refractivity contribution in [1.82, 2.24) is 10.6 Å². The van der Waals surface area contributed by atoms with Gasteiger partial charge in [-0.1, -0.05) is 12.1 Å². The van der Waals surface area contributed by atoms with Crippen LogP contribution in [-0.4, -0.2) is 45.3 Å². The molecule has 0 unspecified atom stereocenters. The number of amides is 1. The molecule has 2 aromatic rings. The number of benzene rings is 2. The first-order chi connectivity index (χ1) is 14.3. The minimum absolute atomic E-state index is 0.0764. The summed E-state index contributed by atoms with van der Waals surface area (Å²) in [5, 5.41) is 6.63. The molecule has 0 aromatic heterocycles. The Hall–Kier alpha value is -2.73. The first kappa shape index (κ1) is 22.0. The van der Waals surface area contributed by atoms with Gasteiger partial charge in [-0.25, -0.2) is 0 Å². The number of methoxy groups -OCH3 is 2. The topological polar surface area (TPSA) is 62.8 Å². The van der Waals surface area contributed by atoms with E-state index in [1.54, 1.807) is 14.2 Å². The number of nitrogens with one attached hydrogen (secondary N) is 2. The second-order valence-corrected chi connectivity index (χ2v) is 8.12. The Bertz CT molecular complexity index is 899. The van der Waals surface area contributed by atoms with Gasteiger partial charge < -0.3 is 25.0 Å². The number of ether oxygens (including phenoxy) is 2. The molecule has 1 saturated heterocycles. The number of carbonyl (C=O) groups is 1. The molecule has 2 aromatic carbocycles. The Balaban J connectivity index is 1.79. The zero-order chi connectivity index (χ0) is 21.8. The molecule has 1 amide bonds. The molecule has 0 saturated carbocycles. The summed E-state index contributed by atoms with van der Waals surface area (Å²) in [6.07, 6.45) is 0. The number of aryl methyl sites for hydroxylation is 1. The number of rotatable bonds is 6. The molecular formula is C24H33N3O3. The molecule has 1 heterocycles. The third-order valence-corrected chi connectivity index (χ3v) is 5.82. The number of anilines is 1. The highest BCUT2D eigenvalue weighted by Crippen LogP contribution is 2.30. The van der Waals surface area contributed by atoms with Crippen LogP contribution in [0.5, 0.6) is 11.5 Å². The lowest BCUT2D eigenvalue weighted by molar-refractivity contribution is 0.0939. The first-order valence-corrected chi connectivity index (χ1v) is 10.5. The molecule has 3 rings (SSSR count). The number of hydrogen-bond donors (Lipinski definition) is 2. The SMILES string of the molecule is COc1ccc([C@@H](C)NC(=O)c2cc(N3C[C@H](C)NC[C@@H]3C)ccc2C)cc1OC. The van der Waals surface area contributed by atoms with Gasteiger partial charge in [0, 0.05) is 36.4 Å². The van der Waals surface area contributed by atoms with Gasteiger partial charge in [0.2, 0.25) is 0 Å². The second-order valence-electron chi connectivity index (χ2n) is 8.12. The normalized spacial score (nSPS) is 19.9. The highest BCUT2D eigenvalue weighted by atomic mass is 16.5. The van der Waals surface area contributed by atoms with Crippen LogP contribution in [-0.2, 0) is 0 Å². The van der Waals surface area contributed by atoms with Crippen molar-refractivity contribution in [2.24, 2.45) is 0 Å². The third-order valence-electron chi connectivity index (χ3n) is 5.82. The van der Waals surface area contributed by atoms with Crippen LogP contribution in [0.1, 0.15) is 48.3 Å². The molecule has 3 atom stereocenters. The van der Waals surface area contributed by atoms with Gasteiger partial charge in [0.25, 0.3) is 5.91 Å². The van der Waals surface area contributed by atoms with E-state index in [1.165, 1.54) is 0 Å². The van der Waals surface area contributed by atoms with Crippen molar-refractivity contribution < 1.29 is 14.3 Å². The largest absolute Gasteiger partial charge is 0.493 e. The van der Waals surface area contributed by atoms with Crippen molar-refractivity contribution in [3.63, 3.8) is 0 Å². The van der Waals surface area contributed by atoms with Gasteiger partial charge in [-0.3, -0.25) is 4.79 Å². The average molecular weight is 412 g/mol. The van der Waals surface area contributed by atoms with Crippen molar-refractivity contribution in [2.75, 3.05) is 32.2 Å². The molecule has 30 heavy (non-hydrogen) atoms. The maximum Gasteiger partial charge on any atom is 0.252 e. The molecule has 1 aliphatic rings. The van der Waals surface area contributed by atoms with Gasteiger partial charge in [-0.2, -0.15) is 0 Å². The Morgan fingerprint density at radius 2 is 1.87 bits per heavy atom. The quantitative estimate of drug-likeness (QED) is 0.759. The Kier molecular flexibility index (Phi) is 6.87. The average Bonchev–Trinajstić information content (AvgIpc) is 2.75. The van der Waals surface area contributed by atoms with Crippen molar-refractivity contribution in [3.05, 3.63) is 53.1 Å². The summed E-state index contributed by atoms with van der Waals surface area (Å²) in [6, 6.07) is 12.5. The fourth-order valence-corrected chi connectivity index (χ4v) is 3.89. The van der Waals surface area contributed by atoms with Gasteiger partial charge >= 0.3 is 0 Å². The van der Waals surface area contributed by atoms with E-state index in [0.717, 1.165) is 29.9 Å². The van der Waals surface area contributed by atoms with Gasteiger partial charge in [0.15, 0.2) is 11.5 Å². The number of hydrogen-bond acceptors (Lipinski definition) is 5. The first-order valence-electron chi connectivity index (χ1n) is 10.5. The molecule has 0 aliphatic carbocycles. The Labute approximate surface area is 179 Å². The summed E-state index contributed by atoms with van der Waals surface area (Å²) < 4.78 is 10.7. The van der Waals surface area contributed by atoms with Crippen LogP contribution < -0.4 is 25.0 Å². The van der Waals surface area contributed by atoms with E-state index >= 15 is 0 Å². The molecule has 1 fully saturated rings. The second kappa shape index (κ2) is 9.39. The predicted molar refractivity (Wildman–Crippen MR) is 121 cm³/mol. The number of carbonyl (C=O) groups excluding carboxylic acids is 1. The fourth-order valence-electron chi connectivity index (χ4n) is 3.89. The Morgan fingerprint density at radius 3 is 2.57 bits per heavy atom. The van der Waals surface area contributed by atoms with E-state index < -0.39 is 0 Å². The molecule has 6 heteroatoms. The van der Waals surface area contributed by atoms with Crippen LogP contribution >= 0.6 is 0 Å². The highest BCUT2D eigenvalue weighted by molar-refractivity contribution is 5.96. The van der Waals surface area contributed by atoms with E-state index in [9.17, 15) is 4.79 Å². The molecule has 0 radical (unpaired) electrons. The summed E-state index contributed by atoms with van der Waals surface area (Å²) in [7, 11) is 3.22. The van der Waals surface area contributed by atoms with E-state index in [2.05, 4.69) is 35.4 Å². The van der Waals surface area contributed by atoms with Crippen LogP contribution in [0, 0.1) is 6.92 Å². The monoisotopic (exact) mass is 411 g/mol. The van der Waals surface area contributed by atoms with Gasteiger partial charge in [0.1, 0.15) is 0 Å². The maximum atomic E-state index is 13.1. The maximum absolute atomic E-state index is 13.1. The van der Waals surface area contributed by atoms with Crippen LogP contribution in [0.25, 0.3) is 0 Å². The highest BCUT2D eigenvalue weighted by Gasteiger charge is 2.24. The van der Waals surface area contributed by atoms with E-state index in [4.69, 9.17) is 9.47 Å². The minimum atomic E-state index is -0.168. The number of nitrogens with zero attached hydrogens (tertiary/aromatic N) is 1. The third kappa shape index (κ3) is 4.70. The van der Waals surface area contributed by atoms with Crippen LogP contribution in [0.4, 0.5) is 5.69 Å². The zero-order valence-corrected chi connectivity index (χ0v) is 18.8.